The lowest BCUT2D eigenvalue weighted by atomic mass is 10.0. The largest absolute Gasteiger partial charge is 0.472 e. The number of amidine groups is 4. The van der Waals surface area contributed by atoms with Gasteiger partial charge in [-0.1, -0.05) is 210 Å². The van der Waals surface area contributed by atoms with Gasteiger partial charge in [0.25, 0.3) is 16.7 Å². The predicted molar refractivity (Wildman–Crippen MR) is 458 cm³/mol. The molecule has 0 unspecified atom stereocenters. The Hall–Kier alpha value is -10.1. The quantitative estimate of drug-likeness (QED) is 0.0378. The number of aromatic amines is 5. The molecular formula is C77H129N21O12S3. The van der Waals surface area contributed by atoms with Gasteiger partial charge in [-0.3, -0.25) is 42.5 Å². The highest BCUT2D eigenvalue weighted by atomic mass is 32.2. The number of nitrogens with one attached hydrogen (secondary N) is 11. The predicted octanol–water partition coefficient (Wildman–Crippen LogP) is 13.9. The molecule has 0 aliphatic carbocycles. The maximum Gasteiger partial charge on any atom is 0.334 e. The first kappa shape index (κ1) is 105. The lowest BCUT2D eigenvalue weighted by Crippen LogP contribution is -2.22. The Bertz CT molecular complexity index is 3920. The second-order valence-corrected chi connectivity index (χ2v) is 31.3. The monoisotopic (exact) mass is 1640 g/mol. The third kappa shape index (κ3) is 47.1. The van der Waals surface area contributed by atoms with Gasteiger partial charge in [-0.05, 0) is 37.8 Å². The van der Waals surface area contributed by atoms with E-state index >= 15 is 0 Å². The number of imidazole rings is 1. The number of cyclic esters (lactones) is 1. The van der Waals surface area contributed by atoms with E-state index in [0.717, 1.165) is 68.6 Å². The molecular weight excluding hydrogens is 1510 g/mol. The van der Waals surface area contributed by atoms with Crippen LogP contribution in [0.3, 0.4) is 0 Å². The number of aryl methyl sites for hydroxylation is 1. The molecule has 632 valence electrons. The smallest absolute Gasteiger partial charge is 0.334 e. The minimum Gasteiger partial charge on any atom is -0.472 e. The number of hydroxylamine groups is 2. The molecule has 11 rings (SSSR count). The number of nitrogens with zero attached hydrogens (tertiary/aromatic N) is 10. The van der Waals surface area contributed by atoms with Gasteiger partial charge in [0.15, 0.2) is 17.2 Å². The molecule has 0 bridgehead atoms. The van der Waals surface area contributed by atoms with Gasteiger partial charge in [-0.15, -0.1) is 10.2 Å². The normalized spacial score (nSPS) is 13.2. The molecule has 0 radical (unpaired) electrons. The second kappa shape index (κ2) is 57.0. The van der Waals surface area contributed by atoms with Gasteiger partial charge in [-0.25, -0.2) is 30.7 Å². The summed E-state index contributed by atoms with van der Waals surface area (Å²) < 4.78 is 26.6. The minimum atomic E-state index is -0.237. The van der Waals surface area contributed by atoms with Gasteiger partial charge in [0.1, 0.15) is 46.4 Å². The van der Waals surface area contributed by atoms with Crippen LogP contribution >= 0.6 is 35.2 Å². The Morgan fingerprint density at radius 3 is 1.33 bits per heavy atom. The van der Waals surface area contributed by atoms with Gasteiger partial charge < -0.3 is 49.0 Å². The molecule has 11 N–H and O–H groups in total. The number of aliphatic imine (C=N–C) groups is 5. The Balaban J connectivity index is 0. The number of rotatable bonds is 13. The molecule has 5 aliphatic rings. The van der Waals surface area contributed by atoms with E-state index in [0.29, 0.717) is 76.1 Å². The lowest BCUT2D eigenvalue weighted by Gasteiger charge is -2.03. The third-order valence-corrected chi connectivity index (χ3v) is 16.4. The van der Waals surface area contributed by atoms with Crippen molar-refractivity contribution in [2.24, 2.45) is 66.4 Å². The SMILES string of the molecule is C=C1CN=C(C(C)C)N1.C=C1N=C(C(C)C)NO1.C=C1N=C(C(C)C)NO1.C=C1N=C(C(C)C)NS1.CC(C)C1=NCC(=O)O1.CC(C)c1cc(=O)[nH]o1.CC(C)c1cc(=O)[nH]s1.CC(C)c1cnc[nH]1.CC(C)c1nn[nH]n1.CC(C)c1ns[nH]c1=O.CNC(=O)C(C)C.CNC(=O)C(C)C.Cc1cocc(C(C)C)c1=O. The number of carbonyl (C=O) groups excluding carboxylic acids is 3. The average molecular weight is 1640 g/mol. The van der Waals surface area contributed by atoms with E-state index < -0.39 is 0 Å². The van der Waals surface area contributed by atoms with Crippen molar-refractivity contribution in [1.82, 2.24) is 80.5 Å². The molecule has 0 atom stereocenters. The number of carbonyl (C=O) groups is 3. The summed E-state index contributed by atoms with van der Waals surface area (Å²) in [5.41, 5.74) is 9.50. The molecule has 5 aliphatic heterocycles. The number of aromatic nitrogens is 10. The molecule has 0 fully saturated rings. The van der Waals surface area contributed by atoms with E-state index in [1.807, 2.05) is 131 Å². The van der Waals surface area contributed by atoms with Crippen LogP contribution in [-0.4, -0.2) is 123 Å². The van der Waals surface area contributed by atoms with Crippen LogP contribution in [0.1, 0.15) is 255 Å². The molecule has 0 spiro atoms. The zero-order chi connectivity index (χ0) is 86.9. The molecule has 6 aromatic rings. The molecule has 6 aromatic heterocycles. The van der Waals surface area contributed by atoms with Crippen molar-refractivity contribution in [2.45, 2.75) is 222 Å². The summed E-state index contributed by atoms with van der Waals surface area (Å²) in [5.74, 6) is 11.1. The first-order valence-electron chi connectivity index (χ1n) is 37.2. The van der Waals surface area contributed by atoms with Gasteiger partial charge >= 0.3 is 5.97 Å². The first-order valence-corrected chi connectivity index (χ1v) is 39.6. The summed E-state index contributed by atoms with van der Waals surface area (Å²) in [5, 5.41) is 24.6. The van der Waals surface area contributed by atoms with Crippen LogP contribution in [0.25, 0.3) is 0 Å². The van der Waals surface area contributed by atoms with Crippen molar-refractivity contribution in [1.29, 1.82) is 0 Å². The average Bonchev–Trinajstić information content (AvgIpc) is 1.86. The zero-order valence-electron chi connectivity index (χ0n) is 71.8. The number of esters is 1. The van der Waals surface area contributed by atoms with Crippen molar-refractivity contribution in [2.75, 3.05) is 27.2 Å². The van der Waals surface area contributed by atoms with Gasteiger partial charge in [-0.2, -0.15) is 24.7 Å². The van der Waals surface area contributed by atoms with Crippen LogP contribution in [0.2, 0.25) is 0 Å². The van der Waals surface area contributed by atoms with Crippen LogP contribution in [0, 0.1) is 48.3 Å². The minimum absolute atomic E-state index is 0.0173. The van der Waals surface area contributed by atoms with Crippen LogP contribution in [0.4, 0.5) is 0 Å². The van der Waals surface area contributed by atoms with E-state index in [1.54, 1.807) is 33.4 Å². The van der Waals surface area contributed by atoms with Crippen molar-refractivity contribution >= 4 is 82.2 Å². The van der Waals surface area contributed by atoms with E-state index in [4.69, 9.17) is 23.4 Å². The van der Waals surface area contributed by atoms with Gasteiger partial charge in [0.2, 0.25) is 23.6 Å². The first-order chi connectivity index (χ1) is 52.7. The van der Waals surface area contributed by atoms with Crippen LogP contribution in [-0.2, 0) is 28.8 Å². The summed E-state index contributed by atoms with van der Waals surface area (Å²) in [6.07, 6.45) is 6.56. The van der Waals surface area contributed by atoms with E-state index in [1.165, 1.54) is 47.8 Å². The van der Waals surface area contributed by atoms with E-state index in [2.05, 4.69) is 187 Å². The molecule has 0 saturated heterocycles. The Kier molecular flexibility index (Phi) is 52.9. The fourth-order valence-corrected chi connectivity index (χ4v) is 9.21. The lowest BCUT2D eigenvalue weighted by molar-refractivity contribution is -0.132. The highest BCUT2D eigenvalue weighted by Gasteiger charge is 2.19. The third-order valence-electron chi connectivity index (χ3n) is 14.1. The van der Waals surface area contributed by atoms with Crippen molar-refractivity contribution in [3.63, 3.8) is 0 Å². The van der Waals surface area contributed by atoms with Crippen molar-refractivity contribution in [3.8, 4) is 0 Å². The summed E-state index contributed by atoms with van der Waals surface area (Å²) in [7, 11) is 3.28. The van der Waals surface area contributed by atoms with Gasteiger partial charge in [0, 0.05) is 143 Å². The topological polar surface area (TPSA) is 451 Å². The number of tetrazole rings is 1. The fourth-order valence-electron chi connectivity index (χ4n) is 7.26. The standard InChI is InChI=1S/C9H12O2.C7H12N2.2C6H10N2O.C6H10N2S.C6H10N2.2C6H9NO2.C6H9NOS.C5H8N2OS.2C5H11NO.C4H8N4/c1-6(2)8-5-11-4-7(3)9(8)10;1-5(2)7-8-4-6(3)9-7;3*1-4(2)6-7-5(3)9-8-6;1-5(2)6-3-7-4-8-6;1-4(2)6-7-3-5(8)9-6;2*1-4(2)5-3-6(8)7-9-5;1-3(2)4-5(8)7-9-6-4;2*1-4(2)5(7)6-3;1-3(2)4-5-7-8-6-4/h4-6H,1-3H3;5H,3-4H2,1-2H3,(H,8,9);3*4H,3H2,1-2H3,(H,7,8);3-5H,1-2H3,(H,7,8);4H,3H2,1-2H3;2*3-4H,1-2H3,(H,7,8);3H,1-2H3,(H,7,8);2*4H,1-3H3,(H,6,7);3H,1-2H3,(H,5,6,7,8). The molecule has 113 heavy (non-hydrogen) atoms. The van der Waals surface area contributed by atoms with Gasteiger partial charge in [0.05, 0.1) is 25.4 Å². The zero-order valence-corrected chi connectivity index (χ0v) is 74.3. The van der Waals surface area contributed by atoms with Crippen LogP contribution in [0.15, 0.2) is 139 Å². The van der Waals surface area contributed by atoms with Crippen LogP contribution < -0.4 is 53.7 Å². The number of amides is 2. The molecule has 36 heteroatoms. The highest BCUT2D eigenvalue weighted by Crippen LogP contribution is 2.20. The number of hydrogen-bond acceptors (Lipinski definition) is 29. The number of H-pyrrole nitrogens is 5. The molecule has 33 nitrogen and oxygen atoms in total. The Morgan fingerprint density at radius 2 is 1.12 bits per heavy atom. The van der Waals surface area contributed by atoms with Crippen molar-refractivity contribution < 1.29 is 37.7 Å². The van der Waals surface area contributed by atoms with E-state index in [9.17, 15) is 33.6 Å². The molecule has 2 amide bonds. The summed E-state index contributed by atoms with van der Waals surface area (Å²) >= 11 is 4.01. The van der Waals surface area contributed by atoms with Crippen molar-refractivity contribution in [3.05, 3.63) is 166 Å². The summed E-state index contributed by atoms with van der Waals surface area (Å²) in [6, 6.07) is 3.11. The maximum atomic E-state index is 11.4. The number of hydrogen-bond donors (Lipinski definition) is 11. The molecule has 0 saturated carbocycles. The number of ether oxygens (including phenoxy) is 1. The molecule has 11 heterocycles. The Morgan fingerprint density at radius 1 is 0.575 bits per heavy atom. The highest BCUT2D eigenvalue weighted by molar-refractivity contribution is 8.02. The molecule has 0 aromatic carbocycles. The Labute approximate surface area is 679 Å². The summed E-state index contributed by atoms with van der Waals surface area (Å²) in [4.78, 5) is 112. The summed E-state index contributed by atoms with van der Waals surface area (Å²) in [6.45, 7) is 69.3. The fraction of sp³-hybridized carbons (Fsp3) is 0.571. The maximum absolute atomic E-state index is 11.4. The van der Waals surface area contributed by atoms with E-state index in [-0.39, 0.29) is 81.9 Å². The van der Waals surface area contributed by atoms with Crippen LogP contribution in [0.5, 0.6) is 0 Å². The second-order valence-electron chi connectivity index (χ2n) is 28.9.